The zero-order valence-corrected chi connectivity index (χ0v) is 20.9. The molecular weight excluding hydrogens is 469 g/mol. The third-order valence-corrected chi connectivity index (χ3v) is 8.20. The van der Waals surface area contributed by atoms with E-state index in [1.165, 1.54) is 34.4 Å². The zero-order valence-electron chi connectivity index (χ0n) is 20.9. The molecule has 0 spiro atoms. The van der Waals surface area contributed by atoms with Gasteiger partial charge < -0.3 is 9.47 Å². The van der Waals surface area contributed by atoms with Gasteiger partial charge in [-0.2, -0.15) is 0 Å². The van der Waals surface area contributed by atoms with E-state index in [2.05, 4.69) is 24.3 Å². The number of morpholine rings is 1. The number of piperidine rings is 1. The summed E-state index contributed by atoms with van der Waals surface area (Å²) in [6.45, 7) is 2.95. The van der Waals surface area contributed by atoms with Gasteiger partial charge in [-0.25, -0.2) is 9.18 Å². The first kappa shape index (κ1) is 23.9. The fraction of sp³-hybridized carbons (Fsp3) is 0.355. The normalized spacial score (nSPS) is 22.3. The molecule has 2 saturated heterocycles. The molecule has 0 aromatic heterocycles. The molecule has 0 N–H and O–H groups in total. The first-order chi connectivity index (χ1) is 18.0. The first-order valence-corrected chi connectivity index (χ1v) is 13.0. The molecule has 2 aliphatic heterocycles. The van der Waals surface area contributed by atoms with Crippen molar-refractivity contribution in [1.82, 2.24) is 4.90 Å². The van der Waals surface area contributed by atoms with Crippen molar-refractivity contribution in [2.24, 2.45) is 5.92 Å². The molecule has 2 atom stereocenters. The molecule has 1 amide bonds. The van der Waals surface area contributed by atoms with Crippen molar-refractivity contribution in [3.63, 3.8) is 0 Å². The second kappa shape index (κ2) is 9.75. The number of carbonyl (C=O) groups is 2. The minimum absolute atomic E-state index is 0.000986. The lowest BCUT2D eigenvalue weighted by molar-refractivity contribution is -0.130. The Kier molecular flexibility index (Phi) is 6.29. The molecule has 1 aliphatic carbocycles. The van der Waals surface area contributed by atoms with Crippen LogP contribution >= 0.6 is 0 Å². The molecule has 0 radical (unpaired) electrons. The van der Waals surface area contributed by atoms with Crippen LogP contribution in [0.1, 0.15) is 41.0 Å². The number of Topliss-reactive ketones (excluding diaryl/α,β-unsaturated/α-hetero) is 1. The summed E-state index contributed by atoms with van der Waals surface area (Å²) in [6.07, 6.45) is 0.938. The molecule has 2 bridgehead atoms. The lowest BCUT2D eigenvalue weighted by Gasteiger charge is -2.47. The highest BCUT2D eigenvalue weighted by Crippen LogP contribution is 2.44. The van der Waals surface area contributed by atoms with Gasteiger partial charge >= 0.3 is 6.09 Å². The number of hydrogen-bond acceptors (Lipinski definition) is 4. The Morgan fingerprint density at radius 2 is 1.57 bits per heavy atom. The van der Waals surface area contributed by atoms with E-state index in [0.29, 0.717) is 26.1 Å². The van der Waals surface area contributed by atoms with Crippen molar-refractivity contribution in [3.8, 4) is 11.1 Å². The van der Waals surface area contributed by atoms with Gasteiger partial charge in [0.05, 0.1) is 25.3 Å². The zero-order chi connectivity index (χ0) is 25.5. The number of ether oxygens (including phenoxy) is 2. The summed E-state index contributed by atoms with van der Waals surface area (Å²) in [5.41, 5.74) is 6.38. The van der Waals surface area contributed by atoms with E-state index in [1.807, 2.05) is 31.2 Å². The van der Waals surface area contributed by atoms with Crippen LogP contribution in [0.15, 0.2) is 66.7 Å². The van der Waals surface area contributed by atoms with Crippen LogP contribution in [0.4, 0.5) is 9.18 Å². The average Bonchev–Trinajstić information content (AvgIpc) is 3.22. The standard InChI is InChI=1S/C31H30FNO4/c1-19-10-11-22(32)12-20(19)15-30(34)21-13-23-16-36-17-24(14-21)33(23)31(35)37-18-29-27-8-4-2-6-25(27)26-7-3-5-9-28(26)29/h2-12,21,23-24,29H,13-18H2,1H3. The van der Waals surface area contributed by atoms with E-state index >= 15 is 0 Å². The van der Waals surface area contributed by atoms with Gasteiger partial charge in [-0.1, -0.05) is 54.6 Å². The molecule has 2 unspecified atom stereocenters. The molecule has 3 aromatic carbocycles. The van der Waals surface area contributed by atoms with Crippen LogP contribution in [0, 0.1) is 18.7 Å². The summed E-state index contributed by atoms with van der Waals surface area (Å²) in [6, 6.07) is 20.7. The largest absolute Gasteiger partial charge is 0.448 e. The number of hydrogen-bond donors (Lipinski definition) is 0. The quantitative estimate of drug-likeness (QED) is 0.454. The number of amides is 1. The monoisotopic (exact) mass is 499 g/mol. The molecule has 2 fully saturated rings. The molecule has 5 nitrogen and oxygen atoms in total. The number of nitrogens with zero attached hydrogens (tertiary/aromatic N) is 1. The van der Waals surface area contributed by atoms with Crippen LogP contribution in [0.3, 0.4) is 0 Å². The predicted octanol–water partition coefficient (Wildman–Crippen LogP) is 5.67. The van der Waals surface area contributed by atoms with E-state index in [9.17, 15) is 14.0 Å². The predicted molar refractivity (Wildman–Crippen MR) is 138 cm³/mol. The van der Waals surface area contributed by atoms with Crippen molar-refractivity contribution in [3.05, 3.63) is 94.8 Å². The smallest absolute Gasteiger partial charge is 0.410 e. The van der Waals surface area contributed by atoms with Crippen LogP contribution in [-0.2, 0) is 20.7 Å². The minimum Gasteiger partial charge on any atom is -0.448 e. The van der Waals surface area contributed by atoms with Gasteiger partial charge in [0, 0.05) is 18.3 Å². The molecule has 6 heteroatoms. The maximum absolute atomic E-state index is 13.7. The van der Waals surface area contributed by atoms with Gasteiger partial charge in [0.15, 0.2) is 0 Å². The highest BCUT2D eigenvalue weighted by Gasteiger charge is 2.44. The SMILES string of the molecule is Cc1ccc(F)cc1CC(=O)C1CC2COCC(C1)N2C(=O)OCC1c2ccccc2-c2ccccc21. The van der Waals surface area contributed by atoms with Crippen LogP contribution in [0.5, 0.6) is 0 Å². The van der Waals surface area contributed by atoms with Gasteiger partial charge in [-0.05, 0) is 65.3 Å². The van der Waals surface area contributed by atoms with Gasteiger partial charge in [-0.3, -0.25) is 9.69 Å². The average molecular weight is 500 g/mol. The van der Waals surface area contributed by atoms with E-state index < -0.39 is 0 Å². The number of carbonyl (C=O) groups excluding carboxylic acids is 2. The fourth-order valence-corrected chi connectivity index (χ4v) is 6.31. The molecule has 6 rings (SSSR count). The minimum atomic E-state index is -0.341. The third-order valence-electron chi connectivity index (χ3n) is 8.20. The summed E-state index contributed by atoms with van der Waals surface area (Å²) in [7, 11) is 0. The fourth-order valence-electron chi connectivity index (χ4n) is 6.31. The Labute approximate surface area is 216 Å². The third kappa shape index (κ3) is 4.44. The van der Waals surface area contributed by atoms with Gasteiger partial charge in [0.25, 0.3) is 0 Å². The van der Waals surface area contributed by atoms with E-state index in [-0.39, 0.29) is 54.6 Å². The van der Waals surface area contributed by atoms with Crippen molar-refractivity contribution >= 4 is 11.9 Å². The molecule has 190 valence electrons. The highest BCUT2D eigenvalue weighted by molar-refractivity contribution is 5.84. The van der Waals surface area contributed by atoms with E-state index in [4.69, 9.17) is 9.47 Å². The van der Waals surface area contributed by atoms with Crippen LogP contribution in [0.25, 0.3) is 11.1 Å². The van der Waals surface area contributed by atoms with Gasteiger partial charge in [0.1, 0.15) is 18.2 Å². The van der Waals surface area contributed by atoms with Gasteiger partial charge in [0.2, 0.25) is 0 Å². The Morgan fingerprint density at radius 1 is 0.946 bits per heavy atom. The Bertz CT molecular complexity index is 1300. The Balaban J connectivity index is 1.13. The molecule has 37 heavy (non-hydrogen) atoms. The van der Waals surface area contributed by atoms with Crippen molar-refractivity contribution in [2.75, 3.05) is 19.8 Å². The number of ketones is 1. The topological polar surface area (TPSA) is 55.8 Å². The van der Waals surface area contributed by atoms with Crippen molar-refractivity contribution < 1.29 is 23.5 Å². The number of fused-ring (bicyclic) bond motifs is 5. The second-order valence-corrected chi connectivity index (χ2v) is 10.4. The number of benzene rings is 3. The number of halogens is 1. The van der Waals surface area contributed by atoms with Gasteiger partial charge in [-0.15, -0.1) is 0 Å². The number of rotatable bonds is 5. The Morgan fingerprint density at radius 3 is 2.22 bits per heavy atom. The summed E-state index contributed by atoms with van der Waals surface area (Å²) in [4.78, 5) is 28.3. The lowest BCUT2D eigenvalue weighted by atomic mass is 9.81. The van der Waals surface area contributed by atoms with Crippen LogP contribution in [0.2, 0.25) is 0 Å². The maximum atomic E-state index is 13.7. The molecular formula is C31H30FNO4. The Hall–Kier alpha value is -3.51. The van der Waals surface area contributed by atoms with E-state index in [0.717, 1.165) is 11.1 Å². The first-order valence-electron chi connectivity index (χ1n) is 13.0. The summed E-state index contributed by atoms with van der Waals surface area (Å²) < 4.78 is 25.4. The summed E-state index contributed by atoms with van der Waals surface area (Å²) >= 11 is 0. The molecule has 3 aliphatic rings. The van der Waals surface area contributed by atoms with Crippen LogP contribution in [-0.4, -0.2) is 48.7 Å². The van der Waals surface area contributed by atoms with Crippen LogP contribution < -0.4 is 0 Å². The summed E-state index contributed by atoms with van der Waals surface area (Å²) in [5, 5.41) is 0. The number of aryl methyl sites for hydroxylation is 1. The highest BCUT2D eigenvalue weighted by atomic mass is 19.1. The van der Waals surface area contributed by atoms with E-state index in [1.54, 1.807) is 11.0 Å². The van der Waals surface area contributed by atoms with Crippen molar-refractivity contribution in [1.29, 1.82) is 0 Å². The molecule has 2 heterocycles. The second-order valence-electron chi connectivity index (χ2n) is 10.4. The lowest BCUT2D eigenvalue weighted by Crippen LogP contribution is -2.60. The molecule has 0 saturated carbocycles. The van der Waals surface area contributed by atoms with Crippen molar-refractivity contribution in [2.45, 2.75) is 44.2 Å². The summed E-state index contributed by atoms with van der Waals surface area (Å²) in [5.74, 6) is -0.415. The maximum Gasteiger partial charge on any atom is 0.410 e. The molecule has 3 aromatic rings.